The van der Waals surface area contributed by atoms with Crippen molar-refractivity contribution < 1.29 is 18.0 Å². The lowest BCUT2D eigenvalue weighted by atomic mass is 10.1. The molecule has 0 atom stereocenters. The average Bonchev–Trinajstić information content (AvgIpc) is 2.61. The van der Waals surface area contributed by atoms with E-state index in [9.17, 15) is 18.0 Å². The van der Waals surface area contributed by atoms with Gasteiger partial charge in [-0.2, -0.15) is 13.2 Å². The number of alkyl halides is 3. The first kappa shape index (κ1) is 18.5. The van der Waals surface area contributed by atoms with Gasteiger partial charge in [0.05, 0.1) is 16.8 Å². The second-order valence-electron chi connectivity index (χ2n) is 6.11. The van der Waals surface area contributed by atoms with E-state index in [1.807, 2.05) is 31.1 Å². The Hall–Kier alpha value is -3.29. The quantitative estimate of drug-likeness (QED) is 0.681. The Balaban J connectivity index is 1.82. The number of urea groups is 1. The molecule has 2 aromatic carbocycles. The Bertz CT molecular complexity index is 969. The number of hydrogen-bond donors (Lipinski definition) is 2. The van der Waals surface area contributed by atoms with Crippen LogP contribution in [0.15, 0.2) is 54.7 Å². The maximum absolute atomic E-state index is 13.0. The van der Waals surface area contributed by atoms with Crippen LogP contribution < -0.4 is 15.5 Å². The number of nitrogens with zero attached hydrogens (tertiary/aromatic N) is 2. The summed E-state index contributed by atoms with van der Waals surface area (Å²) in [6.45, 7) is 0. The fourth-order valence-corrected chi connectivity index (χ4v) is 2.56. The molecule has 2 N–H and O–H groups in total. The van der Waals surface area contributed by atoms with Crippen molar-refractivity contribution in [2.24, 2.45) is 0 Å². The summed E-state index contributed by atoms with van der Waals surface area (Å²) in [6, 6.07) is 11.3. The third-order valence-corrected chi connectivity index (χ3v) is 3.96. The second-order valence-corrected chi connectivity index (χ2v) is 6.11. The number of aromatic nitrogens is 1. The van der Waals surface area contributed by atoms with E-state index in [1.165, 1.54) is 18.3 Å². The molecule has 2 amide bonds. The van der Waals surface area contributed by atoms with E-state index < -0.39 is 17.8 Å². The SMILES string of the molecule is CN(C)c1ccc(NC(=O)Nc2ccnc3ccc(C(F)(F)F)cc23)cc1. The molecule has 0 bridgehead atoms. The van der Waals surface area contributed by atoms with Gasteiger partial charge in [-0.25, -0.2) is 4.79 Å². The first-order chi connectivity index (χ1) is 12.7. The fraction of sp³-hybridized carbons (Fsp3) is 0.158. The van der Waals surface area contributed by atoms with Gasteiger partial charge < -0.3 is 15.5 Å². The van der Waals surface area contributed by atoms with Gasteiger partial charge in [0.1, 0.15) is 0 Å². The molecule has 1 aromatic heterocycles. The molecule has 0 saturated heterocycles. The van der Waals surface area contributed by atoms with Crippen molar-refractivity contribution in [3.05, 3.63) is 60.3 Å². The van der Waals surface area contributed by atoms with E-state index in [1.54, 1.807) is 12.1 Å². The van der Waals surface area contributed by atoms with Crippen LogP contribution in [0.1, 0.15) is 5.56 Å². The summed E-state index contributed by atoms with van der Waals surface area (Å²) >= 11 is 0. The molecule has 0 aliphatic carbocycles. The largest absolute Gasteiger partial charge is 0.416 e. The second kappa shape index (κ2) is 7.14. The minimum absolute atomic E-state index is 0.213. The number of amides is 2. The van der Waals surface area contributed by atoms with Crippen molar-refractivity contribution in [1.29, 1.82) is 0 Å². The predicted octanol–water partition coefficient (Wildman–Crippen LogP) is 4.96. The summed E-state index contributed by atoms with van der Waals surface area (Å²) in [5.41, 5.74) is 1.34. The zero-order valence-corrected chi connectivity index (χ0v) is 14.6. The molecule has 8 heteroatoms. The highest BCUT2D eigenvalue weighted by Gasteiger charge is 2.30. The summed E-state index contributed by atoms with van der Waals surface area (Å²) in [7, 11) is 3.80. The Labute approximate surface area is 153 Å². The van der Waals surface area contributed by atoms with Crippen LogP contribution in [-0.4, -0.2) is 25.1 Å². The van der Waals surface area contributed by atoms with E-state index in [2.05, 4.69) is 15.6 Å². The molecule has 1 heterocycles. The minimum atomic E-state index is -4.47. The number of carbonyl (C=O) groups is 1. The Kier molecular flexibility index (Phi) is 4.89. The average molecular weight is 374 g/mol. The van der Waals surface area contributed by atoms with Gasteiger partial charge in [-0.15, -0.1) is 0 Å². The van der Waals surface area contributed by atoms with Crippen molar-refractivity contribution in [3.63, 3.8) is 0 Å². The zero-order valence-electron chi connectivity index (χ0n) is 14.6. The highest BCUT2D eigenvalue weighted by Crippen LogP contribution is 2.33. The summed E-state index contributed by atoms with van der Waals surface area (Å²) in [5, 5.41) is 5.45. The van der Waals surface area contributed by atoms with Crippen molar-refractivity contribution in [2.45, 2.75) is 6.18 Å². The number of fused-ring (bicyclic) bond motifs is 1. The first-order valence-corrected chi connectivity index (χ1v) is 8.05. The van der Waals surface area contributed by atoms with E-state index in [0.29, 0.717) is 11.2 Å². The normalized spacial score (nSPS) is 11.3. The predicted molar refractivity (Wildman–Crippen MR) is 100 cm³/mol. The third-order valence-electron chi connectivity index (χ3n) is 3.96. The van der Waals surface area contributed by atoms with E-state index in [-0.39, 0.29) is 11.1 Å². The Morgan fingerprint density at radius 2 is 1.70 bits per heavy atom. The Morgan fingerprint density at radius 1 is 1.00 bits per heavy atom. The van der Waals surface area contributed by atoms with Crippen LogP contribution in [0.4, 0.5) is 35.0 Å². The van der Waals surface area contributed by atoms with Crippen molar-refractivity contribution in [2.75, 3.05) is 29.6 Å². The summed E-state index contributed by atoms with van der Waals surface area (Å²) < 4.78 is 38.9. The van der Waals surface area contributed by atoms with Gasteiger partial charge >= 0.3 is 12.2 Å². The van der Waals surface area contributed by atoms with E-state index >= 15 is 0 Å². The lowest BCUT2D eigenvalue weighted by molar-refractivity contribution is -0.137. The molecule has 140 valence electrons. The number of nitrogens with one attached hydrogen (secondary N) is 2. The summed E-state index contributed by atoms with van der Waals surface area (Å²) in [6.07, 6.45) is -3.05. The molecule has 0 unspecified atom stereocenters. The molecule has 3 rings (SSSR count). The lowest BCUT2D eigenvalue weighted by Crippen LogP contribution is -2.19. The van der Waals surface area contributed by atoms with Gasteiger partial charge in [-0.3, -0.25) is 4.98 Å². The van der Waals surface area contributed by atoms with Crippen LogP contribution in [0, 0.1) is 0 Å². The molecule has 27 heavy (non-hydrogen) atoms. The van der Waals surface area contributed by atoms with Gasteiger partial charge in [0.25, 0.3) is 0 Å². The zero-order chi connectivity index (χ0) is 19.6. The summed E-state index contributed by atoms with van der Waals surface area (Å²) in [5.74, 6) is 0. The summed E-state index contributed by atoms with van der Waals surface area (Å²) in [4.78, 5) is 18.2. The standard InChI is InChI=1S/C19H17F3N4O/c1-26(2)14-6-4-13(5-7-14)24-18(27)25-17-9-10-23-16-8-3-12(11-15(16)17)19(20,21)22/h3-11H,1-2H3,(H2,23,24,25,27). The van der Waals surface area contributed by atoms with Crippen LogP contribution >= 0.6 is 0 Å². The van der Waals surface area contributed by atoms with Gasteiger partial charge in [0.2, 0.25) is 0 Å². The molecular weight excluding hydrogens is 357 g/mol. The van der Waals surface area contributed by atoms with Crippen LogP contribution in [0.3, 0.4) is 0 Å². The Morgan fingerprint density at radius 3 is 2.33 bits per heavy atom. The van der Waals surface area contributed by atoms with Gasteiger partial charge in [0.15, 0.2) is 0 Å². The van der Waals surface area contributed by atoms with E-state index in [0.717, 1.165) is 17.8 Å². The highest BCUT2D eigenvalue weighted by atomic mass is 19.4. The van der Waals surface area contributed by atoms with Crippen LogP contribution in [0.25, 0.3) is 10.9 Å². The number of hydrogen-bond acceptors (Lipinski definition) is 3. The van der Waals surface area contributed by atoms with Crippen molar-refractivity contribution in [3.8, 4) is 0 Å². The molecule has 5 nitrogen and oxygen atoms in total. The minimum Gasteiger partial charge on any atom is -0.378 e. The third kappa shape index (κ3) is 4.28. The molecule has 0 fully saturated rings. The number of carbonyl (C=O) groups excluding carboxylic acids is 1. The first-order valence-electron chi connectivity index (χ1n) is 8.05. The maximum Gasteiger partial charge on any atom is 0.416 e. The van der Waals surface area contributed by atoms with Crippen LogP contribution in [0.2, 0.25) is 0 Å². The van der Waals surface area contributed by atoms with Crippen LogP contribution in [-0.2, 0) is 6.18 Å². The number of rotatable bonds is 3. The number of benzene rings is 2. The highest BCUT2D eigenvalue weighted by molar-refractivity contribution is 6.05. The number of halogens is 3. The topological polar surface area (TPSA) is 57.3 Å². The number of anilines is 3. The molecule has 3 aromatic rings. The monoisotopic (exact) mass is 374 g/mol. The van der Waals surface area contributed by atoms with Gasteiger partial charge in [-0.05, 0) is 48.5 Å². The molecular formula is C19H17F3N4O. The molecule has 0 radical (unpaired) electrons. The molecule has 0 saturated carbocycles. The maximum atomic E-state index is 13.0. The molecule has 0 aliphatic rings. The molecule has 0 spiro atoms. The van der Waals surface area contributed by atoms with Gasteiger partial charge in [-0.1, -0.05) is 0 Å². The van der Waals surface area contributed by atoms with Crippen LogP contribution in [0.5, 0.6) is 0 Å². The number of pyridine rings is 1. The van der Waals surface area contributed by atoms with Crippen molar-refractivity contribution >= 4 is 34.0 Å². The lowest BCUT2D eigenvalue weighted by Gasteiger charge is -2.14. The smallest absolute Gasteiger partial charge is 0.378 e. The van der Waals surface area contributed by atoms with Crippen molar-refractivity contribution in [1.82, 2.24) is 4.98 Å². The molecule has 0 aliphatic heterocycles. The van der Waals surface area contributed by atoms with Gasteiger partial charge in [0, 0.05) is 37.1 Å². The van der Waals surface area contributed by atoms with E-state index in [4.69, 9.17) is 0 Å². The fourth-order valence-electron chi connectivity index (χ4n) is 2.56.